The standard InChI is InChI=1S/C11H19BrN2O/c1-4-9-11(12)10(7-6-8(3)15)14(5-2)13-9/h8,15H,4-7H2,1-3H3. The molecule has 1 aromatic rings. The highest BCUT2D eigenvalue weighted by molar-refractivity contribution is 9.10. The number of nitrogens with zero attached hydrogens (tertiary/aromatic N) is 2. The molecule has 0 radical (unpaired) electrons. The first kappa shape index (κ1) is 12.7. The summed E-state index contributed by atoms with van der Waals surface area (Å²) in [6, 6.07) is 0. The van der Waals surface area contributed by atoms with Crippen LogP contribution in [0.4, 0.5) is 0 Å². The van der Waals surface area contributed by atoms with Crippen molar-refractivity contribution in [1.82, 2.24) is 9.78 Å². The number of rotatable bonds is 5. The van der Waals surface area contributed by atoms with E-state index in [4.69, 9.17) is 0 Å². The minimum absolute atomic E-state index is 0.248. The maximum Gasteiger partial charge on any atom is 0.0766 e. The summed E-state index contributed by atoms with van der Waals surface area (Å²) in [5, 5.41) is 13.8. The first-order valence-electron chi connectivity index (χ1n) is 5.52. The van der Waals surface area contributed by atoms with Gasteiger partial charge in [-0.3, -0.25) is 4.68 Å². The number of hydrogen-bond acceptors (Lipinski definition) is 2. The molecule has 0 saturated carbocycles. The number of hydrogen-bond donors (Lipinski definition) is 1. The highest BCUT2D eigenvalue weighted by Crippen LogP contribution is 2.23. The minimum atomic E-state index is -0.248. The summed E-state index contributed by atoms with van der Waals surface area (Å²) in [5.41, 5.74) is 2.31. The average Bonchev–Trinajstić information content (AvgIpc) is 2.51. The molecule has 0 aliphatic heterocycles. The lowest BCUT2D eigenvalue weighted by atomic mass is 10.1. The fraction of sp³-hybridized carbons (Fsp3) is 0.727. The van der Waals surface area contributed by atoms with Crippen LogP contribution in [0, 0.1) is 0 Å². The van der Waals surface area contributed by atoms with Crippen LogP contribution in [0.25, 0.3) is 0 Å². The van der Waals surface area contributed by atoms with Crippen LogP contribution in [-0.4, -0.2) is 21.0 Å². The van der Waals surface area contributed by atoms with Crippen LogP contribution in [0.1, 0.15) is 38.6 Å². The van der Waals surface area contributed by atoms with Gasteiger partial charge >= 0.3 is 0 Å². The largest absolute Gasteiger partial charge is 0.393 e. The van der Waals surface area contributed by atoms with Crippen LogP contribution in [0.2, 0.25) is 0 Å². The lowest BCUT2D eigenvalue weighted by molar-refractivity contribution is 0.184. The van der Waals surface area contributed by atoms with Crippen molar-refractivity contribution in [2.24, 2.45) is 0 Å². The molecule has 0 spiro atoms. The molecule has 0 aliphatic rings. The van der Waals surface area contributed by atoms with Gasteiger partial charge in [-0.25, -0.2) is 0 Å². The Labute approximate surface area is 99.6 Å². The van der Waals surface area contributed by atoms with Crippen molar-refractivity contribution in [3.05, 3.63) is 15.9 Å². The Hall–Kier alpha value is -0.350. The Balaban J connectivity index is 2.88. The van der Waals surface area contributed by atoms with Crippen LogP contribution in [0.15, 0.2) is 4.47 Å². The fourth-order valence-electron chi connectivity index (χ4n) is 1.60. The second kappa shape index (κ2) is 5.66. The van der Waals surface area contributed by atoms with Crippen LogP contribution in [0.5, 0.6) is 0 Å². The van der Waals surface area contributed by atoms with E-state index in [0.717, 1.165) is 36.0 Å². The van der Waals surface area contributed by atoms with Crippen LogP contribution >= 0.6 is 15.9 Å². The summed E-state index contributed by atoms with van der Waals surface area (Å²) in [4.78, 5) is 0. The summed E-state index contributed by atoms with van der Waals surface area (Å²) in [6.45, 7) is 6.89. The molecule has 0 fully saturated rings. The first-order valence-corrected chi connectivity index (χ1v) is 6.31. The van der Waals surface area contributed by atoms with E-state index in [0.29, 0.717) is 0 Å². The predicted molar refractivity (Wildman–Crippen MR) is 65.0 cm³/mol. The predicted octanol–water partition coefficient (Wildman–Crippen LogP) is 2.54. The summed E-state index contributed by atoms with van der Waals surface area (Å²) < 4.78 is 3.14. The average molecular weight is 275 g/mol. The van der Waals surface area contributed by atoms with Crippen LogP contribution < -0.4 is 0 Å². The van der Waals surface area contributed by atoms with Crippen molar-refractivity contribution in [3.8, 4) is 0 Å². The second-order valence-corrected chi connectivity index (χ2v) is 4.56. The zero-order valence-electron chi connectivity index (χ0n) is 9.63. The van der Waals surface area contributed by atoms with E-state index in [9.17, 15) is 5.11 Å². The molecule has 86 valence electrons. The van der Waals surface area contributed by atoms with Crippen molar-refractivity contribution >= 4 is 15.9 Å². The maximum absolute atomic E-state index is 9.29. The summed E-state index contributed by atoms with van der Waals surface area (Å²) in [5.74, 6) is 0. The molecule has 1 atom stereocenters. The number of aromatic nitrogens is 2. The molecule has 1 N–H and O–H groups in total. The number of aryl methyl sites for hydroxylation is 2. The van der Waals surface area contributed by atoms with E-state index in [2.05, 4.69) is 34.9 Å². The molecule has 1 aromatic heterocycles. The van der Waals surface area contributed by atoms with E-state index < -0.39 is 0 Å². The smallest absolute Gasteiger partial charge is 0.0766 e. The molecule has 0 amide bonds. The van der Waals surface area contributed by atoms with E-state index in [1.165, 1.54) is 5.69 Å². The summed E-state index contributed by atoms with van der Waals surface area (Å²) >= 11 is 3.59. The molecule has 0 saturated heterocycles. The van der Waals surface area contributed by atoms with Gasteiger partial charge in [0, 0.05) is 6.54 Å². The summed E-state index contributed by atoms with van der Waals surface area (Å²) in [6.07, 6.45) is 2.35. The van der Waals surface area contributed by atoms with Crippen LogP contribution in [0.3, 0.4) is 0 Å². The van der Waals surface area contributed by atoms with Gasteiger partial charge in [-0.05, 0) is 49.0 Å². The Morgan fingerprint density at radius 1 is 1.47 bits per heavy atom. The van der Waals surface area contributed by atoms with Crippen molar-refractivity contribution < 1.29 is 5.11 Å². The molecule has 0 aliphatic carbocycles. The Morgan fingerprint density at radius 2 is 2.13 bits per heavy atom. The van der Waals surface area contributed by atoms with Gasteiger partial charge in [-0.1, -0.05) is 6.92 Å². The lowest BCUT2D eigenvalue weighted by Gasteiger charge is -2.06. The number of aliphatic hydroxyl groups is 1. The Kier molecular flexibility index (Phi) is 4.80. The first-order chi connectivity index (χ1) is 7.10. The third-order valence-electron chi connectivity index (χ3n) is 2.49. The Bertz CT molecular complexity index is 321. The molecular formula is C11H19BrN2O. The van der Waals surface area contributed by atoms with Crippen molar-refractivity contribution in [2.75, 3.05) is 0 Å². The van der Waals surface area contributed by atoms with Gasteiger partial charge in [0.05, 0.1) is 22.0 Å². The Morgan fingerprint density at radius 3 is 2.60 bits per heavy atom. The third-order valence-corrected chi connectivity index (χ3v) is 3.41. The molecule has 1 rings (SSSR count). The summed E-state index contributed by atoms with van der Waals surface area (Å²) in [7, 11) is 0. The number of halogens is 1. The van der Waals surface area contributed by atoms with E-state index in [1.54, 1.807) is 0 Å². The van der Waals surface area contributed by atoms with E-state index >= 15 is 0 Å². The van der Waals surface area contributed by atoms with Gasteiger partial charge < -0.3 is 5.11 Å². The normalized spacial score (nSPS) is 13.1. The van der Waals surface area contributed by atoms with Gasteiger partial charge in [0.15, 0.2) is 0 Å². The van der Waals surface area contributed by atoms with Gasteiger partial charge in [0.1, 0.15) is 0 Å². The minimum Gasteiger partial charge on any atom is -0.393 e. The topological polar surface area (TPSA) is 38.0 Å². The highest BCUT2D eigenvalue weighted by Gasteiger charge is 2.13. The van der Waals surface area contributed by atoms with Gasteiger partial charge in [0.25, 0.3) is 0 Å². The van der Waals surface area contributed by atoms with Crippen molar-refractivity contribution in [1.29, 1.82) is 0 Å². The number of aliphatic hydroxyl groups excluding tert-OH is 1. The zero-order chi connectivity index (χ0) is 11.4. The third kappa shape index (κ3) is 3.05. The van der Waals surface area contributed by atoms with Gasteiger partial charge in [0.2, 0.25) is 0 Å². The molecule has 0 aromatic carbocycles. The highest BCUT2D eigenvalue weighted by atomic mass is 79.9. The monoisotopic (exact) mass is 274 g/mol. The van der Waals surface area contributed by atoms with E-state index in [1.807, 2.05) is 11.6 Å². The molecule has 15 heavy (non-hydrogen) atoms. The second-order valence-electron chi connectivity index (χ2n) is 3.76. The molecule has 1 heterocycles. The lowest BCUT2D eigenvalue weighted by Crippen LogP contribution is -2.07. The molecular weight excluding hydrogens is 256 g/mol. The molecule has 1 unspecified atom stereocenters. The quantitative estimate of drug-likeness (QED) is 0.896. The van der Waals surface area contributed by atoms with Gasteiger partial charge in [-0.2, -0.15) is 5.10 Å². The zero-order valence-corrected chi connectivity index (χ0v) is 11.2. The fourth-order valence-corrected chi connectivity index (χ4v) is 2.36. The molecule has 4 heteroatoms. The van der Waals surface area contributed by atoms with Crippen molar-refractivity contribution in [2.45, 2.75) is 52.7 Å². The van der Waals surface area contributed by atoms with E-state index in [-0.39, 0.29) is 6.10 Å². The van der Waals surface area contributed by atoms with Crippen LogP contribution in [-0.2, 0) is 19.4 Å². The molecule has 3 nitrogen and oxygen atoms in total. The van der Waals surface area contributed by atoms with Crippen molar-refractivity contribution in [3.63, 3.8) is 0 Å². The SMILES string of the molecule is CCc1nn(CC)c(CCC(C)O)c1Br. The van der Waals surface area contributed by atoms with Gasteiger partial charge in [-0.15, -0.1) is 0 Å². The molecule has 0 bridgehead atoms. The maximum atomic E-state index is 9.29.